The molecule has 0 radical (unpaired) electrons. The first-order valence-corrected chi connectivity index (χ1v) is 24.0. The summed E-state index contributed by atoms with van der Waals surface area (Å²) in [7, 11) is 0. The molecule has 0 unspecified atom stereocenters. The van der Waals surface area contributed by atoms with Crippen LogP contribution in [0.2, 0.25) is 0 Å². The SMILES string of the molecule is CC(C)(C)c1ccc(N(c2cc(N(c3ccc(C(C)(C)C)cc3)c3coc4cc5c(cc34)C(C)(C)CCC5(C)C)cc(C(C)(C)C)c2)c2ccc(C(C)(C)C)cc2-c2ccccc2)cc1. The van der Waals surface area contributed by atoms with Crippen LogP contribution in [0.25, 0.3) is 22.1 Å². The van der Waals surface area contributed by atoms with Gasteiger partial charge >= 0.3 is 0 Å². The minimum absolute atomic E-state index is 0.0184. The van der Waals surface area contributed by atoms with E-state index in [1.165, 1.54) is 44.5 Å². The van der Waals surface area contributed by atoms with Crippen molar-refractivity contribution in [3.05, 3.63) is 167 Å². The Bertz CT molecular complexity index is 2830. The number of anilines is 6. The van der Waals surface area contributed by atoms with Gasteiger partial charge in [-0.2, -0.15) is 0 Å². The highest BCUT2D eigenvalue weighted by atomic mass is 16.3. The van der Waals surface area contributed by atoms with Crippen molar-refractivity contribution in [2.24, 2.45) is 0 Å². The molecule has 1 aromatic heterocycles. The second kappa shape index (κ2) is 16.1. The lowest BCUT2D eigenvalue weighted by Gasteiger charge is -2.41. The molecule has 0 fully saturated rings. The van der Waals surface area contributed by atoms with E-state index in [2.05, 4.69) is 248 Å². The van der Waals surface area contributed by atoms with E-state index in [0.717, 1.165) is 57.9 Å². The van der Waals surface area contributed by atoms with Crippen LogP contribution in [0.3, 0.4) is 0 Å². The van der Waals surface area contributed by atoms with E-state index in [1.54, 1.807) is 0 Å². The first kappa shape index (κ1) is 46.0. The van der Waals surface area contributed by atoms with Crippen LogP contribution in [0.5, 0.6) is 0 Å². The van der Waals surface area contributed by atoms with Crippen LogP contribution in [-0.4, -0.2) is 0 Å². The number of fused-ring (bicyclic) bond motifs is 2. The number of hydrogen-bond acceptors (Lipinski definition) is 3. The molecule has 0 amide bonds. The van der Waals surface area contributed by atoms with Gasteiger partial charge in [-0.3, -0.25) is 0 Å². The molecule has 0 aliphatic heterocycles. The predicted molar refractivity (Wildman–Crippen MR) is 281 cm³/mol. The summed E-state index contributed by atoms with van der Waals surface area (Å²) in [4.78, 5) is 4.95. The van der Waals surface area contributed by atoms with Crippen LogP contribution < -0.4 is 9.80 Å². The molecule has 7 aromatic rings. The molecule has 1 heterocycles. The topological polar surface area (TPSA) is 19.6 Å². The number of nitrogens with zero attached hydrogens (tertiary/aromatic N) is 2. The van der Waals surface area contributed by atoms with E-state index in [1.807, 2.05) is 6.26 Å². The zero-order chi connectivity index (χ0) is 47.1. The van der Waals surface area contributed by atoms with Crippen molar-refractivity contribution < 1.29 is 4.42 Å². The number of furan rings is 1. The Balaban J connectivity index is 1.44. The number of rotatable bonds is 7. The van der Waals surface area contributed by atoms with Gasteiger partial charge in [-0.15, -0.1) is 0 Å². The molecule has 6 aromatic carbocycles. The molecule has 3 heteroatoms. The lowest BCUT2D eigenvalue weighted by atomic mass is 9.63. The standard InChI is InChI=1S/C62H74N2O/c1-57(2,3)42-22-27-46(28-23-42)63(54-31-26-44(59(7,8)9)36-50(54)41-20-18-17-19-21-41)48-34-45(60(10,11)12)35-49(37-48)64(47-29-24-43(25-30-47)58(4,5)6)55-40-65-56-39-53-52(38-51(55)56)61(13,14)32-33-62(53,15)16/h17-31,34-40H,32-33H2,1-16H3. The third kappa shape index (κ3) is 9.05. The summed E-state index contributed by atoms with van der Waals surface area (Å²) < 4.78 is 6.68. The fourth-order valence-corrected chi connectivity index (χ4v) is 9.66. The summed E-state index contributed by atoms with van der Waals surface area (Å²) in [6, 6.07) is 48.5. The van der Waals surface area contributed by atoms with E-state index in [9.17, 15) is 0 Å². The second-order valence-corrected chi connectivity index (χ2v) is 24.4. The summed E-state index contributed by atoms with van der Waals surface area (Å²) >= 11 is 0. The zero-order valence-corrected chi connectivity index (χ0v) is 42.4. The van der Waals surface area contributed by atoms with Crippen molar-refractivity contribution in [2.75, 3.05) is 9.80 Å². The van der Waals surface area contributed by atoms with Crippen LogP contribution in [-0.2, 0) is 32.5 Å². The van der Waals surface area contributed by atoms with Crippen molar-refractivity contribution in [2.45, 2.75) is 156 Å². The van der Waals surface area contributed by atoms with Crippen LogP contribution in [0.1, 0.15) is 157 Å². The Morgan fingerprint density at radius 1 is 0.415 bits per heavy atom. The first-order chi connectivity index (χ1) is 30.2. The van der Waals surface area contributed by atoms with Gasteiger partial charge in [0, 0.05) is 33.7 Å². The molecule has 0 bridgehead atoms. The monoisotopic (exact) mass is 863 g/mol. The molecule has 1 aliphatic carbocycles. The van der Waals surface area contributed by atoms with E-state index in [4.69, 9.17) is 4.42 Å². The molecule has 1 aliphatic rings. The molecule has 8 rings (SSSR count). The largest absolute Gasteiger partial charge is 0.462 e. The average Bonchev–Trinajstić information content (AvgIpc) is 3.64. The summed E-state index contributed by atoms with van der Waals surface area (Å²) in [6.07, 6.45) is 4.30. The van der Waals surface area contributed by atoms with Crippen molar-refractivity contribution >= 4 is 45.1 Å². The molecule has 65 heavy (non-hydrogen) atoms. The Morgan fingerprint density at radius 2 is 0.862 bits per heavy atom. The summed E-state index contributed by atoms with van der Waals surface area (Å²) in [5.41, 5.74) is 17.8. The van der Waals surface area contributed by atoms with Gasteiger partial charge in [-0.05, 0) is 151 Å². The van der Waals surface area contributed by atoms with Crippen molar-refractivity contribution in [3.8, 4) is 11.1 Å². The van der Waals surface area contributed by atoms with Gasteiger partial charge < -0.3 is 14.2 Å². The number of benzene rings is 6. The average molecular weight is 863 g/mol. The minimum atomic E-state index is -0.167. The van der Waals surface area contributed by atoms with Crippen LogP contribution in [0.15, 0.2) is 138 Å². The fraction of sp³-hybridized carbons (Fsp3) is 0.387. The van der Waals surface area contributed by atoms with E-state index in [0.29, 0.717) is 0 Å². The first-order valence-electron chi connectivity index (χ1n) is 24.0. The highest BCUT2D eigenvalue weighted by Crippen LogP contribution is 2.51. The molecular weight excluding hydrogens is 789 g/mol. The Morgan fingerprint density at radius 3 is 1.34 bits per heavy atom. The zero-order valence-electron chi connectivity index (χ0n) is 42.4. The molecule has 0 spiro atoms. The van der Waals surface area contributed by atoms with Gasteiger partial charge in [-0.25, -0.2) is 0 Å². The van der Waals surface area contributed by atoms with Gasteiger partial charge in [0.2, 0.25) is 0 Å². The predicted octanol–water partition coefficient (Wildman–Crippen LogP) is 18.6. The van der Waals surface area contributed by atoms with Gasteiger partial charge in [0.15, 0.2) is 0 Å². The highest BCUT2D eigenvalue weighted by molar-refractivity contribution is 5.99. The Labute approximate surface area is 391 Å². The molecular formula is C62H74N2O. The summed E-state index contributed by atoms with van der Waals surface area (Å²) in [6.45, 7) is 37.2. The smallest absolute Gasteiger partial charge is 0.136 e. The molecule has 0 N–H and O–H groups in total. The maximum absolute atomic E-state index is 6.68. The van der Waals surface area contributed by atoms with Gasteiger partial charge in [-0.1, -0.05) is 171 Å². The number of hydrogen-bond donors (Lipinski definition) is 0. The van der Waals surface area contributed by atoms with Crippen molar-refractivity contribution in [1.29, 1.82) is 0 Å². The normalized spacial score (nSPS) is 15.2. The lowest BCUT2D eigenvalue weighted by Crippen LogP contribution is -2.33. The van der Waals surface area contributed by atoms with Gasteiger partial charge in [0.1, 0.15) is 11.8 Å². The van der Waals surface area contributed by atoms with Gasteiger partial charge in [0.05, 0.1) is 11.4 Å². The summed E-state index contributed by atoms with van der Waals surface area (Å²) in [5, 5.41) is 1.14. The van der Waals surface area contributed by atoms with Crippen LogP contribution in [0, 0.1) is 0 Å². The highest BCUT2D eigenvalue weighted by Gasteiger charge is 2.38. The van der Waals surface area contributed by atoms with Gasteiger partial charge in [0.25, 0.3) is 0 Å². The maximum Gasteiger partial charge on any atom is 0.136 e. The quantitative estimate of drug-likeness (QED) is 0.159. The third-order valence-corrected chi connectivity index (χ3v) is 14.2. The third-order valence-electron chi connectivity index (χ3n) is 14.2. The Kier molecular flexibility index (Phi) is 11.4. The van der Waals surface area contributed by atoms with Crippen LogP contribution in [0.4, 0.5) is 34.1 Å². The van der Waals surface area contributed by atoms with Crippen molar-refractivity contribution in [1.82, 2.24) is 0 Å². The van der Waals surface area contributed by atoms with E-state index in [-0.39, 0.29) is 32.5 Å². The molecule has 3 nitrogen and oxygen atoms in total. The minimum Gasteiger partial charge on any atom is -0.462 e. The lowest BCUT2D eigenvalue weighted by molar-refractivity contribution is 0.332. The molecule has 0 atom stereocenters. The second-order valence-electron chi connectivity index (χ2n) is 24.4. The molecule has 338 valence electrons. The van der Waals surface area contributed by atoms with Crippen LogP contribution >= 0.6 is 0 Å². The molecule has 0 saturated heterocycles. The fourth-order valence-electron chi connectivity index (χ4n) is 9.66. The van der Waals surface area contributed by atoms with E-state index >= 15 is 0 Å². The van der Waals surface area contributed by atoms with E-state index < -0.39 is 0 Å². The maximum atomic E-state index is 6.68. The Hall–Kier alpha value is -5.54. The summed E-state index contributed by atoms with van der Waals surface area (Å²) in [5.74, 6) is 0. The molecule has 0 saturated carbocycles. The van der Waals surface area contributed by atoms with Crippen molar-refractivity contribution in [3.63, 3.8) is 0 Å².